The molecule has 1 amide bonds. The summed E-state index contributed by atoms with van der Waals surface area (Å²) in [6.07, 6.45) is -2.45. The van der Waals surface area contributed by atoms with Gasteiger partial charge in [0.2, 0.25) is 5.43 Å². The number of halogens is 4. The summed E-state index contributed by atoms with van der Waals surface area (Å²) in [6, 6.07) is 12.2. The molecule has 2 heterocycles. The molecule has 0 radical (unpaired) electrons. The fourth-order valence-electron chi connectivity index (χ4n) is 4.26. The zero-order chi connectivity index (χ0) is 24.5. The van der Waals surface area contributed by atoms with Crippen LogP contribution in [0.3, 0.4) is 0 Å². The van der Waals surface area contributed by atoms with Gasteiger partial charge in [-0.3, -0.25) is 9.59 Å². The van der Waals surface area contributed by atoms with Crippen LogP contribution < -0.4 is 5.43 Å². The van der Waals surface area contributed by atoms with Crippen LogP contribution in [-0.2, 0) is 12.6 Å². The van der Waals surface area contributed by atoms with Crippen LogP contribution in [0.1, 0.15) is 40.2 Å². The summed E-state index contributed by atoms with van der Waals surface area (Å²) in [4.78, 5) is 27.1. The molecule has 34 heavy (non-hydrogen) atoms. The number of piperidine rings is 1. The maximum Gasteiger partial charge on any atom is 0.416 e. The predicted octanol–water partition coefficient (Wildman–Crippen LogP) is 4.79. The maximum absolute atomic E-state index is 13.4. The van der Waals surface area contributed by atoms with E-state index in [1.54, 1.807) is 13.0 Å². The van der Waals surface area contributed by atoms with Crippen LogP contribution in [0.2, 0.25) is 0 Å². The lowest BCUT2D eigenvalue weighted by Gasteiger charge is -2.31. The quantitative estimate of drug-likeness (QED) is 0.512. The minimum atomic E-state index is -4.53. The number of alkyl halides is 3. The Hall–Kier alpha value is -3.49. The summed E-state index contributed by atoms with van der Waals surface area (Å²) in [5.74, 6) is -0.555. The van der Waals surface area contributed by atoms with E-state index in [4.69, 9.17) is 0 Å². The summed E-state index contributed by atoms with van der Waals surface area (Å²) in [6.45, 7) is 2.37. The Balaban J connectivity index is 1.51. The van der Waals surface area contributed by atoms with E-state index in [9.17, 15) is 27.2 Å². The molecule has 1 saturated heterocycles. The number of hydrogen-bond acceptors (Lipinski definition) is 3. The van der Waals surface area contributed by atoms with E-state index in [-0.39, 0.29) is 23.1 Å². The van der Waals surface area contributed by atoms with Gasteiger partial charge >= 0.3 is 6.18 Å². The number of rotatable bonds is 4. The SMILES string of the molecule is Cc1cc(=O)c(C(=O)N2CCC(Cc3cccc(F)c3)CC2)nn1-c1cccc(C(F)(F)F)c1. The highest BCUT2D eigenvalue weighted by Crippen LogP contribution is 2.30. The summed E-state index contributed by atoms with van der Waals surface area (Å²) >= 11 is 0. The van der Waals surface area contributed by atoms with Crippen LogP contribution in [-0.4, -0.2) is 33.7 Å². The number of aromatic nitrogens is 2. The molecule has 0 saturated carbocycles. The Labute approximate surface area is 193 Å². The van der Waals surface area contributed by atoms with Crippen LogP contribution in [0.15, 0.2) is 59.4 Å². The molecule has 0 N–H and O–H groups in total. The van der Waals surface area contributed by atoms with Crippen molar-refractivity contribution >= 4 is 5.91 Å². The second-order valence-corrected chi connectivity index (χ2v) is 8.53. The van der Waals surface area contributed by atoms with Crippen molar-refractivity contribution in [1.82, 2.24) is 14.7 Å². The Bertz CT molecular complexity index is 1260. The molecule has 3 aromatic rings. The van der Waals surface area contributed by atoms with E-state index >= 15 is 0 Å². The average molecular weight is 473 g/mol. The van der Waals surface area contributed by atoms with E-state index in [0.29, 0.717) is 38.0 Å². The van der Waals surface area contributed by atoms with E-state index in [2.05, 4.69) is 5.10 Å². The van der Waals surface area contributed by atoms with Gasteiger partial charge in [-0.15, -0.1) is 0 Å². The lowest BCUT2D eigenvalue weighted by molar-refractivity contribution is -0.137. The molecule has 5 nitrogen and oxygen atoms in total. The number of likely N-dealkylation sites (tertiary alicyclic amines) is 1. The number of benzene rings is 2. The van der Waals surface area contributed by atoms with Crippen LogP contribution in [0.4, 0.5) is 17.6 Å². The summed E-state index contributed by atoms with van der Waals surface area (Å²) in [5.41, 5.74) is -0.434. The first-order valence-corrected chi connectivity index (χ1v) is 10.9. The molecule has 1 fully saturated rings. The van der Waals surface area contributed by atoms with Crippen molar-refractivity contribution in [1.29, 1.82) is 0 Å². The molecule has 178 valence electrons. The van der Waals surface area contributed by atoms with Gasteiger partial charge in [0.1, 0.15) is 5.82 Å². The normalized spacial score (nSPS) is 14.9. The number of carbonyl (C=O) groups excluding carboxylic acids is 1. The second kappa shape index (κ2) is 9.40. The van der Waals surface area contributed by atoms with Gasteiger partial charge in [0.25, 0.3) is 5.91 Å². The van der Waals surface area contributed by atoms with Gasteiger partial charge in [-0.05, 0) is 68.0 Å². The molecular weight excluding hydrogens is 450 g/mol. The van der Waals surface area contributed by atoms with E-state index in [1.807, 2.05) is 6.07 Å². The first kappa shape index (κ1) is 23.7. The third-order valence-corrected chi connectivity index (χ3v) is 6.04. The molecule has 0 atom stereocenters. The van der Waals surface area contributed by atoms with Crippen molar-refractivity contribution in [3.8, 4) is 5.69 Å². The highest BCUT2D eigenvalue weighted by Gasteiger charge is 2.31. The van der Waals surface area contributed by atoms with E-state index in [1.165, 1.54) is 39.9 Å². The minimum absolute atomic E-state index is 0.107. The maximum atomic E-state index is 13.4. The molecule has 0 unspecified atom stereocenters. The van der Waals surface area contributed by atoms with Gasteiger partial charge in [-0.2, -0.15) is 18.3 Å². The van der Waals surface area contributed by atoms with E-state index in [0.717, 1.165) is 17.7 Å². The summed E-state index contributed by atoms with van der Waals surface area (Å²) in [5, 5.41) is 4.14. The van der Waals surface area contributed by atoms with Crippen molar-refractivity contribution in [2.45, 2.75) is 32.4 Å². The lowest BCUT2D eigenvalue weighted by atomic mass is 9.90. The molecular formula is C25H23F4N3O2. The first-order chi connectivity index (χ1) is 16.1. The van der Waals surface area contributed by atoms with Crippen LogP contribution >= 0.6 is 0 Å². The Kier molecular flexibility index (Phi) is 6.54. The van der Waals surface area contributed by atoms with Crippen molar-refractivity contribution in [3.05, 3.63) is 93.2 Å². The third kappa shape index (κ3) is 5.18. The fraction of sp³-hybridized carbons (Fsp3) is 0.320. The molecule has 1 aliphatic rings. The van der Waals surface area contributed by atoms with Gasteiger partial charge in [0, 0.05) is 24.8 Å². The zero-order valence-electron chi connectivity index (χ0n) is 18.5. The molecule has 9 heteroatoms. The van der Waals surface area contributed by atoms with Gasteiger partial charge < -0.3 is 4.90 Å². The van der Waals surface area contributed by atoms with Gasteiger partial charge in [0.05, 0.1) is 11.3 Å². The molecule has 0 aliphatic carbocycles. The highest BCUT2D eigenvalue weighted by molar-refractivity contribution is 5.92. The van der Waals surface area contributed by atoms with Crippen LogP contribution in [0.5, 0.6) is 0 Å². The summed E-state index contributed by atoms with van der Waals surface area (Å²) in [7, 11) is 0. The average Bonchev–Trinajstić information content (AvgIpc) is 2.79. The molecule has 1 aliphatic heterocycles. The first-order valence-electron chi connectivity index (χ1n) is 10.9. The third-order valence-electron chi connectivity index (χ3n) is 6.04. The second-order valence-electron chi connectivity index (χ2n) is 8.53. The van der Waals surface area contributed by atoms with Crippen LogP contribution in [0, 0.1) is 18.7 Å². The number of hydrogen-bond donors (Lipinski definition) is 0. The Morgan fingerprint density at radius 2 is 1.76 bits per heavy atom. The fourth-order valence-corrected chi connectivity index (χ4v) is 4.26. The van der Waals surface area contributed by atoms with Gasteiger partial charge in [-0.1, -0.05) is 18.2 Å². The molecule has 0 bridgehead atoms. The monoisotopic (exact) mass is 473 g/mol. The van der Waals surface area contributed by atoms with Gasteiger partial charge in [-0.25, -0.2) is 9.07 Å². The van der Waals surface area contributed by atoms with Crippen molar-refractivity contribution < 1.29 is 22.4 Å². The number of nitrogens with zero attached hydrogens (tertiary/aromatic N) is 3. The van der Waals surface area contributed by atoms with Gasteiger partial charge in [0.15, 0.2) is 5.69 Å². The highest BCUT2D eigenvalue weighted by atomic mass is 19.4. The Morgan fingerprint density at radius 3 is 2.44 bits per heavy atom. The smallest absolute Gasteiger partial charge is 0.337 e. The number of amides is 1. The Morgan fingerprint density at radius 1 is 1.06 bits per heavy atom. The van der Waals surface area contributed by atoms with Crippen molar-refractivity contribution in [2.75, 3.05) is 13.1 Å². The van der Waals surface area contributed by atoms with Crippen molar-refractivity contribution in [2.24, 2.45) is 5.92 Å². The zero-order valence-corrected chi connectivity index (χ0v) is 18.5. The standard InChI is InChI=1S/C25H23F4N3O2/c1-16-12-22(33)23(30-32(16)21-7-3-5-19(15-21)25(27,28)29)24(34)31-10-8-17(9-11-31)13-18-4-2-6-20(26)14-18/h2-7,12,14-15,17H,8-11,13H2,1H3. The number of carbonyl (C=O) groups is 1. The minimum Gasteiger partial charge on any atom is -0.337 e. The van der Waals surface area contributed by atoms with Crippen molar-refractivity contribution in [3.63, 3.8) is 0 Å². The molecule has 0 spiro atoms. The summed E-state index contributed by atoms with van der Waals surface area (Å²) < 4.78 is 54.0. The molecule has 1 aromatic heterocycles. The molecule has 2 aromatic carbocycles. The lowest BCUT2D eigenvalue weighted by Crippen LogP contribution is -2.41. The molecule has 4 rings (SSSR count). The van der Waals surface area contributed by atoms with E-state index < -0.39 is 23.1 Å². The predicted molar refractivity (Wildman–Crippen MR) is 118 cm³/mol. The number of aryl methyl sites for hydroxylation is 1. The largest absolute Gasteiger partial charge is 0.416 e. The van der Waals surface area contributed by atoms with Crippen LogP contribution in [0.25, 0.3) is 5.69 Å². The topological polar surface area (TPSA) is 55.2 Å².